The van der Waals surface area contributed by atoms with Gasteiger partial charge >= 0.3 is 0 Å². The number of aryl methyl sites for hydroxylation is 2. The van der Waals surface area contributed by atoms with Crippen molar-refractivity contribution in [1.29, 1.82) is 5.41 Å². The molecule has 0 aliphatic rings. The van der Waals surface area contributed by atoms with E-state index < -0.39 is 5.82 Å². The highest BCUT2D eigenvalue weighted by Gasteiger charge is 2.11. The zero-order valence-corrected chi connectivity index (χ0v) is 12.5. The molecule has 0 aliphatic heterocycles. The summed E-state index contributed by atoms with van der Waals surface area (Å²) in [5.74, 6) is 0.256. The first-order chi connectivity index (χ1) is 9.90. The van der Waals surface area contributed by atoms with E-state index in [2.05, 4.69) is 6.07 Å². The van der Waals surface area contributed by atoms with Crippen LogP contribution in [0.2, 0.25) is 0 Å². The first-order valence-corrected chi connectivity index (χ1v) is 6.72. The normalized spacial score (nSPS) is 10.5. The molecule has 2 aromatic carbocycles. The molecule has 2 rings (SSSR count). The topological polar surface area (TPSA) is 59.1 Å². The first kappa shape index (κ1) is 15.0. The lowest BCUT2D eigenvalue weighted by Gasteiger charge is -2.15. The second-order valence-electron chi connectivity index (χ2n) is 5.16. The van der Waals surface area contributed by atoms with Crippen LogP contribution in [0.15, 0.2) is 30.3 Å². The maximum absolute atomic E-state index is 13.3. The summed E-state index contributed by atoms with van der Waals surface area (Å²) < 4.78 is 19.1. The minimum Gasteiger partial charge on any atom is -0.488 e. The Morgan fingerprint density at radius 3 is 2.48 bits per heavy atom. The van der Waals surface area contributed by atoms with Crippen molar-refractivity contribution in [3.63, 3.8) is 0 Å². The minimum atomic E-state index is -0.410. The molecule has 0 atom stereocenters. The summed E-state index contributed by atoms with van der Waals surface area (Å²) in [4.78, 5) is 0. The standard InChI is InChI=1S/C17H19FN2O/c1-10-4-5-11(2)16(12(10)3)21-9-13-6-7-14(18)8-15(13)17(19)20/h4-8H,9H2,1-3H3,(H3,19,20). The summed E-state index contributed by atoms with van der Waals surface area (Å²) in [6.07, 6.45) is 0. The van der Waals surface area contributed by atoms with Crippen LogP contribution in [0.5, 0.6) is 5.75 Å². The summed E-state index contributed by atoms with van der Waals surface area (Å²) >= 11 is 0. The van der Waals surface area contributed by atoms with E-state index in [9.17, 15) is 4.39 Å². The number of nitrogen functional groups attached to an aromatic ring is 1. The van der Waals surface area contributed by atoms with E-state index >= 15 is 0 Å². The SMILES string of the molecule is Cc1ccc(C)c(OCc2ccc(F)cc2C(=N)N)c1C. The van der Waals surface area contributed by atoms with Gasteiger partial charge in [0.2, 0.25) is 0 Å². The van der Waals surface area contributed by atoms with Gasteiger partial charge in [-0.1, -0.05) is 18.2 Å². The van der Waals surface area contributed by atoms with Gasteiger partial charge in [0, 0.05) is 11.1 Å². The molecule has 0 aromatic heterocycles. The van der Waals surface area contributed by atoms with Gasteiger partial charge in [-0.15, -0.1) is 0 Å². The molecule has 0 amide bonds. The molecule has 0 spiro atoms. The smallest absolute Gasteiger partial charge is 0.125 e. The van der Waals surface area contributed by atoms with Crippen molar-refractivity contribution in [2.45, 2.75) is 27.4 Å². The third kappa shape index (κ3) is 3.21. The second kappa shape index (κ2) is 5.95. The number of nitrogens with two attached hydrogens (primary N) is 1. The molecule has 0 heterocycles. The van der Waals surface area contributed by atoms with Crippen LogP contribution in [0.25, 0.3) is 0 Å². The second-order valence-corrected chi connectivity index (χ2v) is 5.16. The highest BCUT2D eigenvalue weighted by molar-refractivity contribution is 5.96. The van der Waals surface area contributed by atoms with Crippen LogP contribution >= 0.6 is 0 Å². The number of hydrogen-bond donors (Lipinski definition) is 2. The lowest BCUT2D eigenvalue weighted by molar-refractivity contribution is 0.301. The number of rotatable bonds is 4. The Kier molecular flexibility index (Phi) is 4.26. The maximum atomic E-state index is 13.3. The van der Waals surface area contributed by atoms with Gasteiger partial charge in [-0.25, -0.2) is 4.39 Å². The third-order valence-corrected chi connectivity index (χ3v) is 3.61. The number of ether oxygens (including phenoxy) is 1. The van der Waals surface area contributed by atoms with E-state index in [-0.39, 0.29) is 12.4 Å². The minimum absolute atomic E-state index is 0.161. The fourth-order valence-corrected chi connectivity index (χ4v) is 2.22. The lowest BCUT2D eigenvalue weighted by Crippen LogP contribution is -2.15. The highest BCUT2D eigenvalue weighted by Crippen LogP contribution is 2.27. The molecule has 0 saturated carbocycles. The van der Waals surface area contributed by atoms with E-state index in [1.807, 2.05) is 26.8 Å². The Labute approximate surface area is 124 Å². The number of benzene rings is 2. The molecule has 0 saturated heterocycles. The van der Waals surface area contributed by atoms with Gasteiger partial charge < -0.3 is 10.5 Å². The van der Waals surface area contributed by atoms with E-state index in [1.165, 1.54) is 12.1 Å². The number of hydrogen-bond acceptors (Lipinski definition) is 2. The summed E-state index contributed by atoms with van der Waals surface area (Å²) in [5, 5.41) is 7.53. The molecule has 110 valence electrons. The molecule has 21 heavy (non-hydrogen) atoms. The summed E-state index contributed by atoms with van der Waals surface area (Å²) in [6.45, 7) is 6.27. The first-order valence-electron chi connectivity index (χ1n) is 6.72. The van der Waals surface area contributed by atoms with E-state index in [4.69, 9.17) is 15.9 Å². The fraction of sp³-hybridized carbons (Fsp3) is 0.235. The Morgan fingerprint density at radius 2 is 1.81 bits per heavy atom. The van der Waals surface area contributed by atoms with Crippen LogP contribution < -0.4 is 10.5 Å². The van der Waals surface area contributed by atoms with Crippen LogP contribution in [0.4, 0.5) is 4.39 Å². The van der Waals surface area contributed by atoms with Gasteiger partial charge in [0.1, 0.15) is 24.0 Å². The quantitative estimate of drug-likeness (QED) is 0.666. The summed E-state index contributed by atoms with van der Waals surface area (Å²) in [5.41, 5.74) is 9.85. The predicted molar refractivity (Wildman–Crippen MR) is 82.4 cm³/mol. The van der Waals surface area contributed by atoms with Crippen molar-refractivity contribution in [1.82, 2.24) is 0 Å². The van der Waals surface area contributed by atoms with Gasteiger partial charge in [0.25, 0.3) is 0 Å². The number of amidine groups is 1. The maximum Gasteiger partial charge on any atom is 0.125 e. The molecule has 0 fully saturated rings. The van der Waals surface area contributed by atoms with Gasteiger partial charge in [-0.2, -0.15) is 0 Å². The molecule has 4 heteroatoms. The van der Waals surface area contributed by atoms with Crippen molar-refractivity contribution in [3.8, 4) is 5.75 Å². The monoisotopic (exact) mass is 286 g/mol. The fourth-order valence-electron chi connectivity index (χ4n) is 2.22. The van der Waals surface area contributed by atoms with Crippen molar-refractivity contribution in [2.75, 3.05) is 0 Å². The Balaban J connectivity index is 2.29. The lowest BCUT2D eigenvalue weighted by atomic mass is 10.0. The molecule has 0 bridgehead atoms. The number of halogens is 1. The summed E-state index contributed by atoms with van der Waals surface area (Å²) in [7, 11) is 0. The average Bonchev–Trinajstić information content (AvgIpc) is 2.44. The largest absolute Gasteiger partial charge is 0.488 e. The average molecular weight is 286 g/mol. The Hall–Kier alpha value is -2.36. The van der Waals surface area contributed by atoms with Gasteiger partial charge in [-0.05, 0) is 49.6 Å². The van der Waals surface area contributed by atoms with E-state index in [0.717, 1.165) is 22.4 Å². The van der Waals surface area contributed by atoms with Crippen molar-refractivity contribution < 1.29 is 9.13 Å². The Bertz CT molecular complexity index is 695. The zero-order chi connectivity index (χ0) is 15.6. The van der Waals surface area contributed by atoms with Crippen LogP contribution in [0.1, 0.15) is 27.8 Å². The van der Waals surface area contributed by atoms with E-state index in [1.54, 1.807) is 6.07 Å². The Morgan fingerprint density at radius 1 is 1.14 bits per heavy atom. The van der Waals surface area contributed by atoms with Crippen LogP contribution in [0.3, 0.4) is 0 Å². The predicted octanol–water partition coefficient (Wildman–Crippen LogP) is 3.61. The van der Waals surface area contributed by atoms with Crippen molar-refractivity contribution in [2.24, 2.45) is 5.73 Å². The third-order valence-electron chi connectivity index (χ3n) is 3.61. The molecular weight excluding hydrogens is 267 g/mol. The molecule has 2 aromatic rings. The highest BCUT2D eigenvalue weighted by atomic mass is 19.1. The molecule has 0 radical (unpaired) electrons. The van der Waals surface area contributed by atoms with Gasteiger partial charge in [0.05, 0.1) is 0 Å². The van der Waals surface area contributed by atoms with Crippen LogP contribution in [-0.2, 0) is 6.61 Å². The summed E-state index contributed by atoms with van der Waals surface area (Å²) in [6, 6.07) is 8.27. The van der Waals surface area contributed by atoms with Crippen molar-refractivity contribution in [3.05, 3.63) is 64.0 Å². The van der Waals surface area contributed by atoms with Gasteiger partial charge in [0.15, 0.2) is 0 Å². The van der Waals surface area contributed by atoms with Crippen LogP contribution in [-0.4, -0.2) is 5.84 Å². The van der Waals surface area contributed by atoms with Crippen molar-refractivity contribution >= 4 is 5.84 Å². The van der Waals surface area contributed by atoms with E-state index in [0.29, 0.717) is 11.1 Å². The van der Waals surface area contributed by atoms with Gasteiger partial charge in [-0.3, -0.25) is 5.41 Å². The van der Waals surface area contributed by atoms with Crippen LogP contribution in [0, 0.1) is 32.0 Å². The molecule has 3 N–H and O–H groups in total. The zero-order valence-electron chi connectivity index (χ0n) is 12.5. The number of nitrogens with one attached hydrogen (secondary N) is 1. The molecule has 0 unspecified atom stereocenters. The molecule has 3 nitrogen and oxygen atoms in total. The molecule has 0 aliphatic carbocycles. The molecular formula is C17H19FN2O.